The first-order valence-electron chi connectivity index (χ1n) is 2.79. The highest BCUT2D eigenvalue weighted by Gasteiger charge is 2.07. The number of hydrogen-bond donors (Lipinski definition) is 4. The summed E-state index contributed by atoms with van der Waals surface area (Å²) < 4.78 is 0. The Kier molecular flexibility index (Phi) is 0.743. The highest BCUT2D eigenvalue weighted by Crippen LogP contribution is 2.25. The highest BCUT2D eigenvalue weighted by molar-refractivity contribution is 5.93. The van der Waals surface area contributed by atoms with E-state index < -0.39 is 0 Å². The summed E-state index contributed by atoms with van der Waals surface area (Å²) in [6.45, 7) is 0. The van der Waals surface area contributed by atoms with Crippen LogP contribution in [0.5, 0.6) is 5.88 Å². The summed E-state index contributed by atoms with van der Waals surface area (Å²) >= 11 is 0. The fourth-order valence-electron chi connectivity index (χ4n) is 0.936. The molecule has 2 aromatic rings. The molecule has 0 unspecified atom stereocenters. The zero-order valence-electron chi connectivity index (χ0n) is 5.05. The minimum Gasteiger partial charge on any atom is -0.494 e. The SMILES string of the molecule is Nc1n[nH]c2c[nH]c(O)c12. The van der Waals surface area contributed by atoms with Crippen LogP contribution in [0.1, 0.15) is 0 Å². The fourth-order valence-corrected chi connectivity index (χ4v) is 0.936. The molecule has 0 bridgehead atoms. The molecular formula is C5H6N4O. The van der Waals surface area contributed by atoms with Crippen molar-refractivity contribution in [3.8, 4) is 5.88 Å². The van der Waals surface area contributed by atoms with Crippen LogP contribution in [-0.4, -0.2) is 20.3 Å². The summed E-state index contributed by atoms with van der Waals surface area (Å²) in [7, 11) is 0. The van der Waals surface area contributed by atoms with Crippen molar-refractivity contribution in [2.75, 3.05) is 5.73 Å². The molecule has 0 aliphatic carbocycles. The average molecular weight is 138 g/mol. The van der Waals surface area contributed by atoms with E-state index in [1.807, 2.05) is 0 Å². The second-order valence-electron chi connectivity index (χ2n) is 2.03. The van der Waals surface area contributed by atoms with Crippen molar-refractivity contribution in [1.29, 1.82) is 0 Å². The maximum atomic E-state index is 9.09. The minimum atomic E-state index is 0.0567. The quantitative estimate of drug-likeness (QED) is 0.418. The number of H-pyrrole nitrogens is 2. The third-order valence-electron chi connectivity index (χ3n) is 1.41. The van der Waals surface area contributed by atoms with E-state index in [0.717, 1.165) is 5.52 Å². The number of aromatic amines is 2. The summed E-state index contributed by atoms with van der Waals surface area (Å²) in [5, 5.41) is 16.0. The molecule has 0 aliphatic rings. The molecule has 10 heavy (non-hydrogen) atoms. The van der Waals surface area contributed by atoms with Gasteiger partial charge in [0.15, 0.2) is 5.82 Å². The zero-order chi connectivity index (χ0) is 7.14. The lowest BCUT2D eigenvalue weighted by Gasteiger charge is -1.82. The van der Waals surface area contributed by atoms with Crippen LogP contribution in [0.3, 0.4) is 0 Å². The van der Waals surface area contributed by atoms with Gasteiger partial charge in [-0.2, -0.15) is 5.10 Å². The van der Waals surface area contributed by atoms with Gasteiger partial charge >= 0.3 is 0 Å². The predicted molar refractivity (Wildman–Crippen MR) is 36.5 cm³/mol. The number of rotatable bonds is 0. The Morgan fingerprint density at radius 3 is 3.10 bits per heavy atom. The lowest BCUT2D eigenvalue weighted by atomic mass is 10.4. The maximum absolute atomic E-state index is 9.09. The second kappa shape index (κ2) is 1.44. The van der Waals surface area contributed by atoms with E-state index in [4.69, 9.17) is 10.8 Å². The Balaban J connectivity index is 2.98. The van der Waals surface area contributed by atoms with Crippen molar-refractivity contribution in [2.45, 2.75) is 0 Å². The largest absolute Gasteiger partial charge is 0.494 e. The van der Waals surface area contributed by atoms with Gasteiger partial charge in [0.1, 0.15) is 5.39 Å². The number of anilines is 1. The standard InChI is InChI=1S/C5H6N4O/c6-4-3-2(8-9-4)1-7-5(3)10/h1,7-8,10H,(H2,6,9). The van der Waals surface area contributed by atoms with Gasteiger partial charge < -0.3 is 15.8 Å². The zero-order valence-corrected chi connectivity index (χ0v) is 5.05. The summed E-state index contributed by atoms with van der Waals surface area (Å²) in [6, 6.07) is 0. The second-order valence-corrected chi connectivity index (χ2v) is 2.03. The molecule has 5 N–H and O–H groups in total. The van der Waals surface area contributed by atoms with Gasteiger partial charge in [-0.15, -0.1) is 0 Å². The van der Waals surface area contributed by atoms with E-state index in [0.29, 0.717) is 11.2 Å². The van der Waals surface area contributed by atoms with Crippen molar-refractivity contribution in [3.05, 3.63) is 6.20 Å². The number of fused-ring (bicyclic) bond motifs is 1. The molecule has 52 valence electrons. The Hall–Kier alpha value is -1.65. The van der Waals surface area contributed by atoms with Gasteiger partial charge in [-0.25, -0.2) is 0 Å². The average Bonchev–Trinajstić information content (AvgIpc) is 2.40. The van der Waals surface area contributed by atoms with Crippen LogP contribution in [0.15, 0.2) is 6.20 Å². The van der Waals surface area contributed by atoms with Gasteiger partial charge in [0.05, 0.1) is 5.52 Å². The van der Waals surface area contributed by atoms with Gasteiger partial charge in [0.2, 0.25) is 5.88 Å². The van der Waals surface area contributed by atoms with E-state index in [2.05, 4.69) is 15.2 Å². The third-order valence-corrected chi connectivity index (χ3v) is 1.41. The molecule has 5 nitrogen and oxygen atoms in total. The van der Waals surface area contributed by atoms with E-state index in [-0.39, 0.29) is 5.88 Å². The first-order chi connectivity index (χ1) is 4.79. The van der Waals surface area contributed by atoms with Crippen molar-refractivity contribution in [3.63, 3.8) is 0 Å². The Bertz CT molecular complexity index is 329. The molecule has 5 heteroatoms. The van der Waals surface area contributed by atoms with Gasteiger partial charge in [0.25, 0.3) is 0 Å². The lowest BCUT2D eigenvalue weighted by Crippen LogP contribution is -1.83. The normalized spacial score (nSPS) is 10.8. The number of hydrogen-bond acceptors (Lipinski definition) is 3. The fraction of sp³-hybridized carbons (Fsp3) is 0. The Labute approximate surface area is 55.9 Å². The van der Waals surface area contributed by atoms with Crippen LogP contribution in [0, 0.1) is 0 Å². The summed E-state index contributed by atoms with van der Waals surface area (Å²) in [4.78, 5) is 2.60. The first-order valence-corrected chi connectivity index (χ1v) is 2.79. The maximum Gasteiger partial charge on any atom is 0.201 e. The molecule has 0 fully saturated rings. The van der Waals surface area contributed by atoms with Gasteiger partial charge in [-0.05, 0) is 0 Å². The lowest BCUT2D eigenvalue weighted by molar-refractivity contribution is 0.463. The molecule has 0 radical (unpaired) electrons. The highest BCUT2D eigenvalue weighted by atomic mass is 16.3. The van der Waals surface area contributed by atoms with Crippen LogP contribution >= 0.6 is 0 Å². The number of nitrogen functional groups attached to an aromatic ring is 1. The van der Waals surface area contributed by atoms with Gasteiger partial charge in [0, 0.05) is 6.20 Å². The van der Waals surface area contributed by atoms with E-state index in [1.54, 1.807) is 6.20 Å². The topological polar surface area (TPSA) is 90.7 Å². The number of nitrogens with two attached hydrogens (primary N) is 1. The molecule has 2 heterocycles. The summed E-state index contributed by atoms with van der Waals surface area (Å²) in [5.74, 6) is 0.370. The van der Waals surface area contributed by atoms with Crippen LogP contribution in [-0.2, 0) is 0 Å². The number of nitrogens with zero attached hydrogens (tertiary/aromatic N) is 1. The Morgan fingerprint density at radius 1 is 1.60 bits per heavy atom. The first kappa shape index (κ1) is 5.16. The summed E-state index contributed by atoms with van der Waals surface area (Å²) in [6.07, 6.45) is 1.61. The molecule has 0 aromatic carbocycles. The van der Waals surface area contributed by atoms with Crippen LogP contribution in [0.25, 0.3) is 10.9 Å². The molecule has 0 saturated carbocycles. The monoisotopic (exact) mass is 138 g/mol. The van der Waals surface area contributed by atoms with Gasteiger partial charge in [-0.1, -0.05) is 0 Å². The summed E-state index contributed by atoms with van der Waals surface area (Å²) in [5.41, 5.74) is 6.12. The third kappa shape index (κ3) is 0.439. The Morgan fingerprint density at radius 2 is 2.40 bits per heavy atom. The van der Waals surface area contributed by atoms with E-state index in [1.165, 1.54) is 0 Å². The van der Waals surface area contributed by atoms with Crippen LogP contribution < -0.4 is 5.73 Å². The molecule has 0 amide bonds. The molecule has 0 spiro atoms. The number of aromatic hydroxyl groups is 1. The van der Waals surface area contributed by atoms with E-state index >= 15 is 0 Å². The van der Waals surface area contributed by atoms with Crippen LogP contribution in [0.4, 0.5) is 5.82 Å². The number of aromatic nitrogens is 3. The minimum absolute atomic E-state index is 0.0567. The molecule has 2 aromatic heterocycles. The molecule has 0 atom stereocenters. The van der Waals surface area contributed by atoms with Crippen molar-refractivity contribution in [1.82, 2.24) is 15.2 Å². The van der Waals surface area contributed by atoms with Crippen molar-refractivity contribution in [2.24, 2.45) is 0 Å². The number of nitrogens with one attached hydrogen (secondary N) is 2. The molecule has 0 saturated heterocycles. The predicted octanol–water partition coefficient (Wildman–Crippen LogP) is 0.179. The van der Waals surface area contributed by atoms with Crippen LogP contribution in [0.2, 0.25) is 0 Å². The molecule has 0 aliphatic heterocycles. The van der Waals surface area contributed by atoms with E-state index in [9.17, 15) is 0 Å². The molecule has 2 rings (SSSR count). The van der Waals surface area contributed by atoms with Crippen molar-refractivity contribution >= 4 is 16.7 Å². The molecular weight excluding hydrogens is 132 g/mol. The van der Waals surface area contributed by atoms with Gasteiger partial charge in [-0.3, -0.25) is 5.10 Å². The van der Waals surface area contributed by atoms with Crippen molar-refractivity contribution < 1.29 is 5.11 Å². The smallest absolute Gasteiger partial charge is 0.201 e.